The molecule has 0 saturated heterocycles. The van der Waals surface area contributed by atoms with Gasteiger partial charge in [-0.05, 0) is 35.9 Å². The van der Waals surface area contributed by atoms with Crippen molar-refractivity contribution in [1.82, 2.24) is 9.78 Å². The maximum Gasteiger partial charge on any atom is 0.283 e. The Bertz CT molecular complexity index is 1060. The summed E-state index contributed by atoms with van der Waals surface area (Å²) in [4.78, 5) is 12.4. The summed E-state index contributed by atoms with van der Waals surface area (Å²) >= 11 is 0. The first-order valence-corrected chi connectivity index (χ1v) is 7.76. The average molecular weight is 399 g/mol. The largest absolute Gasteiger partial charge is 0.321 e. The minimum absolute atomic E-state index is 0.00874. The Labute approximate surface area is 154 Å². The van der Waals surface area contributed by atoms with Gasteiger partial charge < -0.3 is 5.32 Å². The molecule has 0 saturated carbocycles. The number of halogens is 6. The molecule has 2 aromatic carbocycles. The summed E-state index contributed by atoms with van der Waals surface area (Å²) in [5.74, 6) is -5.64. The number of amides is 1. The number of benzene rings is 2. The van der Waals surface area contributed by atoms with Crippen molar-refractivity contribution in [2.45, 2.75) is 6.43 Å². The van der Waals surface area contributed by atoms with Gasteiger partial charge in [0.25, 0.3) is 12.3 Å². The van der Waals surface area contributed by atoms with Crippen LogP contribution in [0.15, 0.2) is 36.4 Å². The first-order valence-electron chi connectivity index (χ1n) is 7.76. The van der Waals surface area contributed by atoms with Crippen molar-refractivity contribution < 1.29 is 31.1 Å². The highest BCUT2D eigenvalue weighted by Crippen LogP contribution is 2.31. The normalized spacial score (nSPS) is 11.1. The topological polar surface area (TPSA) is 46.9 Å². The second-order valence-electron chi connectivity index (χ2n) is 5.75. The number of hydrogen-bond acceptors (Lipinski definition) is 2. The molecular weight excluding hydrogens is 388 g/mol. The Kier molecular flexibility index (Phi) is 5.12. The van der Waals surface area contributed by atoms with Gasteiger partial charge in [-0.15, -0.1) is 0 Å². The van der Waals surface area contributed by atoms with Gasteiger partial charge in [0.2, 0.25) is 5.95 Å². The number of hydrogen-bond donors (Lipinski definition) is 1. The molecule has 3 aromatic rings. The van der Waals surface area contributed by atoms with Crippen LogP contribution in [0.25, 0.3) is 11.1 Å². The summed E-state index contributed by atoms with van der Waals surface area (Å²) < 4.78 is 81.0. The third-order valence-electron chi connectivity index (χ3n) is 3.90. The van der Waals surface area contributed by atoms with Gasteiger partial charge in [0.05, 0.1) is 0 Å². The highest BCUT2D eigenvalue weighted by Gasteiger charge is 2.29. The summed E-state index contributed by atoms with van der Waals surface area (Å²) in [6.07, 6.45) is -3.21. The quantitative estimate of drug-likeness (QED) is 0.639. The van der Waals surface area contributed by atoms with Crippen molar-refractivity contribution in [1.29, 1.82) is 0 Å². The van der Waals surface area contributed by atoms with Crippen molar-refractivity contribution in [3.8, 4) is 11.1 Å². The van der Waals surface area contributed by atoms with Crippen molar-refractivity contribution in [3.05, 3.63) is 71.1 Å². The molecule has 0 fully saturated rings. The van der Waals surface area contributed by atoms with E-state index in [-0.39, 0.29) is 16.8 Å². The summed E-state index contributed by atoms with van der Waals surface area (Å²) in [7, 11) is 1.04. The lowest BCUT2D eigenvalue weighted by atomic mass is 10.0. The fourth-order valence-corrected chi connectivity index (χ4v) is 2.60. The molecule has 1 amide bonds. The standard InChI is InChI=1S/C18H11F6N3O/c1-27-17(24)14(15(26-27)16(22)23)18(28)25-13-5-3-9(19)7-10(13)8-2-4-11(20)12(21)6-8/h2-7,16H,1H3,(H,25,28). The summed E-state index contributed by atoms with van der Waals surface area (Å²) in [5, 5.41) is 5.46. The molecule has 4 nitrogen and oxygen atoms in total. The van der Waals surface area contributed by atoms with Crippen LogP contribution in [-0.4, -0.2) is 15.7 Å². The van der Waals surface area contributed by atoms with E-state index in [0.717, 1.165) is 43.4 Å². The lowest BCUT2D eigenvalue weighted by molar-refractivity contribution is 0.100. The van der Waals surface area contributed by atoms with E-state index in [1.807, 2.05) is 0 Å². The van der Waals surface area contributed by atoms with Crippen LogP contribution >= 0.6 is 0 Å². The number of aryl methyl sites for hydroxylation is 1. The molecule has 1 aromatic heterocycles. The molecule has 0 bridgehead atoms. The number of carbonyl (C=O) groups excluding carboxylic acids is 1. The van der Waals surface area contributed by atoms with Gasteiger partial charge in [0.1, 0.15) is 17.1 Å². The molecule has 0 aliphatic heterocycles. The second-order valence-corrected chi connectivity index (χ2v) is 5.75. The summed E-state index contributed by atoms with van der Waals surface area (Å²) in [5.41, 5.74) is -2.21. The number of nitrogens with one attached hydrogen (secondary N) is 1. The van der Waals surface area contributed by atoms with Crippen molar-refractivity contribution in [2.24, 2.45) is 7.05 Å². The van der Waals surface area contributed by atoms with Crippen LogP contribution in [0.4, 0.5) is 32.0 Å². The second kappa shape index (κ2) is 7.37. The molecule has 0 aliphatic rings. The first kappa shape index (κ1) is 19.5. The fraction of sp³-hybridized carbons (Fsp3) is 0.111. The maximum absolute atomic E-state index is 14.1. The molecular formula is C18H11F6N3O. The first-order chi connectivity index (χ1) is 13.2. The van der Waals surface area contributed by atoms with Crippen LogP contribution in [0, 0.1) is 23.4 Å². The number of aromatic nitrogens is 2. The molecule has 1 heterocycles. The zero-order valence-corrected chi connectivity index (χ0v) is 14.1. The van der Waals surface area contributed by atoms with Crippen LogP contribution in [0.1, 0.15) is 22.5 Å². The summed E-state index contributed by atoms with van der Waals surface area (Å²) in [6.45, 7) is 0. The average Bonchev–Trinajstić information content (AvgIpc) is 2.94. The lowest BCUT2D eigenvalue weighted by Gasteiger charge is -2.12. The number of rotatable bonds is 4. The molecule has 1 N–H and O–H groups in total. The van der Waals surface area contributed by atoms with Gasteiger partial charge >= 0.3 is 0 Å². The zero-order chi connectivity index (χ0) is 20.6. The third-order valence-corrected chi connectivity index (χ3v) is 3.90. The zero-order valence-electron chi connectivity index (χ0n) is 14.1. The van der Waals surface area contributed by atoms with Crippen LogP contribution in [0.5, 0.6) is 0 Å². The molecule has 10 heteroatoms. The van der Waals surface area contributed by atoms with Gasteiger partial charge in [-0.3, -0.25) is 4.79 Å². The van der Waals surface area contributed by atoms with E-state index in [1.165, 1.54) is 0 Å². The number of alkyl halides is 2. The monoisotopic (exact) mass is 399 g/mol. The van der Waals surface area contributed by atoms with E-state index in [4.69, 9.17) is 0 Å². The smallest absolute Gasteiger partial charge is 0.283 e. The van der Waals surface area contributed by atoms with Gasteiger partial charge in [-0.1, -0.05) is 6.07 Å². The molecule has 0 atom stereocenters. The summed E-state index contributed by atoms with van der Waals surface area (Å²) in [6, 6.07) is 5.67. The molecule has 0 spiro atoms. The maximum atomic E-state index is 14.1. The Balaban J connectivity index is 2.04. The molecule has 0 unspecified atom stereocenters. The van der Waals surface area contributed by atoms with Gasteiger partial charge in [-0.2, -0.15) is 9.49 Å². The van der Waals surface area contributed by atoms with Crippen LogP contribution in [0.3, 0.4) is 0 Å². The van der Waals surface area contributed by atoms with Gasteiger partial charge in [0.15, 0.2) is 11.6 Å². The van der Waals surface area contributed by atoms with Crippen LogP contribution in [0.2, 0.25) is 0 Å². The predicted octanol–water partition coefficient (Wildman–Crippen LogP) is 4.83. The Morgan fingerprint density at radius 2 is 1.75 bits per heavy atom. The molecule has 0 radical (unpaired) electrons. The van der Waals surface area contributed by atoms with Crippen LogP contribution in [-0.2, 0) is 7.05 Å². The SMILES string of the molecule is Cn1nc(C(F)F)c(C(=O)Nc2ccc(F)cc2-c2ccc(F)c(F)c2)c1F. The number of nitrogens with zero attached hydrogens (tertiary/aromatic N) is 2. The van der Waals surface area contributed by atoms with E-state index in [9.17, 15) is 31.1 Å². The van der Waals surface area contributed by atoms with Crippen LogP contribution < -0.4 is 5.32 Å². The molecule has 28 heavy (non-hydrogen) atoms. The Morgan fingerprint density at radius 1 is 1.04 bits per heavy atom. The minimum Gasteiger partial charge on any atom is -0.321 e. The van der Waals surface area contributed by atoms with E-state index in [0.29, 0.717) is 4.68 Å². The molecule has 0 aliphatic carbocycles. The van der Waals surface area contributed by atoms with Gasteiger partial charge in [0, 0.05) is 18.3 Å². The fourth-order valence-electron chi connectivity index (χ4n) is 2.60. The third kappa shape index (κ3) is 3.57. The van der Waals surface area contributed by atoms with E-state index >= 15 is 0 Å². The minimum atomic E-state index is -3.21. The van der Waals surface area contributed by atoms with Gasteiger partial charge in [-0.25, -0.2) is 26.6 Å². The highest BCUT2D eigenvalue weighted by atomic mass is 19.3. The Hall–Kier alpha value is -3.30. The van der Waals surface area contributed by atoms with Crippen molar-refractivity contribution in [2.75, 3.05) is 5.32 Å². The van der Waals surface area contributed by atoms with E-state index in [1.54, 1.807) is 0 Å². The van der Waals surface area contributed by atoms with E-state index < -0.39 is 47.0 Å². The molecule has 146 valence electrons. The lowest BCUT2D eigenvalue weighted by Crippen LogP contribution is -2.16. The van der Waals surface area contributed by atoms with Crippen molar-refractivity contribution in [3.63, 3.8) is 0 Å². The Morgan fingerprint density at radius 3 is 2.39 bits per heavy atom. The molecule has 3 rings (SSSR count). The van der Waals surface area contributed by atoms with E-state index in [2.05, 4.69) is 10.4 Å². The highest BCUT2D eigenvalue weighted by molar-refractivity contribution is 6.07. The predicted molar refractivity (Wildman–Crippen MR) is 87.8 cm³/mol. The number of anilines is 1. The van der Waals surface area contributed by atoms with Crippen molar-refractivity contribution >= 4 is 11.6 Å². The number of carbonyl (C=O) groups is 1.